The smallest absolute Gasteiger partial charge is 0.0349 e. The Balaban J connectivity index is 1.36. The zero-order chi connectivity index (χ0) is 13.8. The maximum absolute atomic E-state index is 1.66. The van der Waals surface area contributed by atoms with Crippen molar-refractivity contribution in [1.29, 1.82) is 0 Å². The minimum atomic E-state index is 1.15. The molecule has 0 aromatic heterocycles. The van der Waals surface area contributed by atoms with E-state index in [2.05, 4.69) is 0 Å². The molecule has 21 heavy (non-hydrogen) atoms. The van der Waals surface area contributed by atoms with Crippen LogP contribution in [0.4, 0.5) is 0 Å². The molecule has 0 saturated heterocycles. The average Bonchev–Trinajstić information content (AvgIpc) is 2.92. The molecule has 0 N–H and O–H groups in total. The van der Waals surface area contributed by atoms with Crippen LogP contribution < -0.4 is 0 Å². The van der Waals surface area contributed by atoms with Gasteiger partial charge >= 0.3 is 0 Å². The van der Waals surface area contributed by atoms with Gasteiger partial charge in [-0.3, -0.25) is 0 Å². The maximum atomic E-state index is 1.66. The van der Waals surface area contributed by atoms with Crippen molar-refractivity contribution in [2.45, 2.75) is 83.5 Å². The zero-order valence-electron chi connectivity index (χ0n) is 13.8. The van der Waals surface area contributed by atoms with Gasteiger partial charge in [0, 0.05) is 0 Å². The SMILES string of the molecule is C1CCC2CC3C(CCC4C5CCCCC5CC34)CC2C1. The number of fused-ring (bicyclic) bond motifs is 6. The van der Waals surface area contributed by atoms with Crippen LogP contribution in [0.5, 0.6) is 0 Å². The Kier molecular flexibility index (Phi) is 3.38. The van der Waals surface area contributed by atoms with Gasteiger partial charge in [0.1, 0.15) is 0 Å². The minimum Gasteiger partial charge on any atom is -0.0530 e. The van der Waals surface area contributed by atoms with Crippen LogP contribution in [0.3, 0.4) is 0 Å². The number of hydrogen-bond acceptors (Lipinski definition) is 0. The summed E-state index contributed by atoms with van der Waals surface area (Å²) in [6.07, 6.45) is 20.8. The molecule has 5 aliphatic rings. The van der Waals surface area contributed by atoms with Gasteiger partial charge in [0.2, 0.25) is 0 Å². The Hall–Kier alpha value is 0. The quantitative estimate of drug-likeness (QED) is 0.508. The van der Waals surface area contributed by atoms with Gasteiger partial charge in [-0.2, -0.15) is 0 Å². The lowest BCUT2D eigenvalue weighted by molar-refractivity contribution is -0.00637. The Morgan fingerprint density at radius 2 is 0.952 bits per heavy atom. The highest BCUT2D eigenvalue weighted by Crippen LogP contribution is 2.61. The zero-order valence-corrected chi connectivity index (χ0v) is 13.8. The summed E-state index contributed by atoms with van der Waals surface area (Å²) in [7, 11) is 0. The molecule has 0 bridgehead atoms. The molecular formula is C21H34. The first-order valence-electron chi connectivity index (χ1n) is 10.4. The van der Waals surface area contributed by atoms with Crippen LogP contribution in [-0.2, 0) is 0 Å². The van der Waals surface area contributed by atoms with E-state index in [0.29, 0.717) is 0 Å². The van der Waals surface area contributed by atoms with Crippen molar-refractivity contribution in [3.63, 3.8) is 0 Å². The largest absolute Gasteiger partial charge is 0.0530 e. The van der Waals surface area contributed by atoms with Gasteiger partial charge in [0.05, 0.1) is 0 Å². The molecule has 0 aliphatic heterocycles. The van der Waals surface area contributed by atoms with Crippen LogP contribution in [0.1, 0.15) is 83.5 Å². The molecule has 5 fully saturated rings. The molecule has 5 aliphatic carbocycles. The fourth-order valence-corrected chi connectivity index (χ4v) is 8.13. The van der Waals surface area contributed by atoms with Crippen LogP contribution in [-0.4, -0.2) is 0 Å². The Bertz CT molecular complexity index is 385. The monoisotopic (exact) mass is 286 g/mol. The van der Waals surface area contributed by atoms with Crippen molar-refractivity contribution >= 4 is 0 Å². The lowest BCUT2D eigenvalue weighted by Crippen LogP contribution is -2.42. The van der Waals surface area contributed by atoms with Crippen LogP contribution in [0.2, 0.25) is 0 Å². The van der Waals surface area contributed by atoms with E-state index < -0.39 is 0 Å². The van der Waals surface area contributed by atoms with Gasteiger partial charge in [-0.15, -0.1) is 0 Å². The van der Waals surface area contributed by atoms with E-state index in [-0.39, 0.29) is 0 Å². The van der Waals surface area contributed by atoms with Crippen LogP contribution in [0.15, 0.2) is 0 Å². The van der Waals surface area contributed by atoms with Gasteiger partial charge in [-0.25, -0.2) is 0 Å². The van der Waals surface area contributed by atoms with E-state index in [1.165, 1.54) is 23.7 Å². The summed E-state index contributed by atoms with van der Waals surface area (Å²) < 4.78 is 0. The number of hydrogen-bond donors (Lipinski definition) is 0. The van der Waals surface area contributed by atoms with E-state index in [4.69, 9.17) is 0 Å². The van der Waals surface area contributed by atoms with Crippen molar-refractivity contribution in [3.05, 3.63) is 0 Å². The topological polar surface area (TPSA) is 0 Å². The highest BCUT2D eigenvalue weighted by Gasteiger charge is 2.52. The number of rotatable bonds is 0. The third kappa shape index (κ3) is 2.14. The van der Waals surface area contributed by atoms with E-state index in [1.54, 1.807) is 83.5 Å². The third-order valence-electron chi connectivity index (χ3n) is 8.92. The van der Waals surface area contributed by atoms with Gasteiger partial charge in [-0.1, -0.05) is 44.9 Å². The summed E-state index contributed by atoms with van der Waals surface area (Å²) >= 11 is 0. The lowest BCUT2D eigenvalue weighted by atomic mass is 9.55. The fourth-order valence-electron chi connectivity index (χ4n) is 8.13. The molecule has 8 unspecified atom stereocenters. The van der Waals surface area contributed by atoms with Crippen LogP contribution >= 0.6 is 0 Å². The summed E-state index contributed by atoms with van der Waals surface area (Å²) in [5, 5.41) is 0. The Morgan fingerprint density at radius 3 is 1.81 bits per heavy atom. The van der Waals surface area contributed by atoms with Crippen LogP contribution in [0, 0.1) is 47.3 Å². The predicted octanol–water partition coefficient (Wildman–Crippen LogP) is 6.06. The van der Waals surface area contributed by atoms with Crippen molar-refractivity contribution < 1.29 is 0 Å². The van der Waals surface area contributed by atoms with E-state index >= 15 is 0 Å². The van der Waals surface area contributed by atoms with E-state index in [9.17, 15) is 0 Å². The maximum Gasteiger partial charge on any atom is -0.0349 e. The van der Waals surface area contributed by atoms with E-state index in [1.807, 2.05) is 0 Å². The second-order valence-electron chi connectivity index (χ2n) is 9.55. The van der Waals surface area contributed by atoms with Crippen LogP contribution in [0.25, 0.3) is 0 Å². The lowest BCUT2D eigenvalue weighted by Gasteiger charge is -2.50. The van der Waals surface area contributed by atoms with Crippen molar-refractivity contribution in [1.82, 2.24) is 0 Å². The second-order valence-corrected chi connectivity index (χ2v) is 9.55. The summed E-state index contributed by atoms with van der Waals surface area (Å²) in [5.41, 5.74) is 0. The minimum absolute atomic E-state index is 1.15. The molecule has 0 aromatic carbocycles. The van der Waals surface area contributed by atoms with Gasteiger partial charge in [0.25, 0.3) is 0 Å². The first kappa shape index (κ1) is 13.4. The molecule has 0 nitrogen and oxygen atoms in total. The van der Waals surface area contributed by atoms with Gasteiger partial charge < -0.3 is 0 Å². The first-order chi connectivity index (χ1) is 10.4. The highest BCUT2D eigenvalue weighted by molar-refractivity contribution is 5.02. The second kappa shape index (κ2) is 5.27. The normalized spacial score (nSPS) is 56.0. The summed E-state index contributed by atoms with van der Waals surface area (Å²) in [5.74, 6) is 9.34. The van der Waals surface area contributed by atoms with Gasteiger partial charge in [0.15, 0.2) is 0 Å². The summed E-state index contributed by atoms with van der Waals surface area (Å²) in [6.45, 7) is 0. The summed E-state index contributed by atoms with van der Waals surface area (Å²) in [4.78, 5) is 0. The molecule has 0 heteroatoms. The standard InChI is InChI=1S/C21H34/c1-2-6-15-12-20-17(11-14(15)5-1)9-10-19-18-8-4-3-7-16(18)13-21(19)20/h14-21H,1-13H2. The molecule has 0 radical (unpaired) electrons. The highest BCUT2D eigenvalue weighted by atomic mass is 14.6. The molecule has 0 spiro atoms. The average molecular weight is 287 g/mol. The van der Waals surface area contributed by atoms with Crippen molar-refractivity contribution in [2.75, 3.05) is 0 Å². The third-order valence-corrected chi connectivity index (χ3v) is 8.92. The Morgan fingerprint density at radius 1 is 0.333 bits per heavy atom. The Labute approximate surface area is 131 Å². The van der Waals surface area contributed by atoms with Crippen molar-refractivity contribution in [2.24, 2.45) is 47.3 Å². The van der Waals surface area contributed by atoms with E-state index in [0.717, 1.165) is 23.7 Å². The van der Waals surface area contributed by atoms with Gasteiger partial charge in [-0.05, 0) is 85.9 Å². The van der Waals surface area contributed by atoms with Crippen molar-refractivity contribution in [3.8, 4) is 0 Å². The molecule has 0 heterocycles. The molecule has 5 saturated carbocycles. The summed E-state index contributed by atoms with van der Waals surface area (Å²) in [6, 6.07) is 0. The molecule has 5 rings (SSSR count). The molecule has 0 amide bonds. The molecule has 8 atom stereocenters. The first-order valence-corrected chi connectivity index (χ1v) is 10.4. The molecular weight excluding hydrogens is 252 g/mol. The fraction of sp³-hybridized carbons (Fsp3) is 1.00. The molecule has 118 valence electrons. The molecule has 0 aromatic rings. The predicted molar refractivity (Wildman–Crippen MR) is 87.9 cm³/mol.